The Morgan fingerprint density at radius 1 is 1.11 bits per heavy atom. The number of aryl methyl sites for hydroxylation is 1. The van der Waals surface area contributed by atoms with Crippen molar-refractivity contribution in [2.24, 2.45) is 0 Å². The van der Waals surface area contributed by atoms with Crippen molar-refractivity contribution in [3.8, 4) is 5.88 Å². The highest BCUT2D eigenvalue weighted by molar-refractivity contribution is 6.34. The fraction of sp³-hybridized carbons (Fsp3) is 0.105. The zero-order valence-electron chi connectivity index (χ0n) is 14.6. The number of benzene rings is 2. The third-order valence-corrected chi connectivity index (χ3v) is 3.94. The molecular formula is C19H16ClFN4O2. The van der Waals surface area contributed by atoms with Crippen LogP contribution in [0.25, 0.3) is 0 Å². The van der Waals surface area contributed by atoms with Gasteiger partial charge in [-0.2, -0.15) is 4.98 Å². The van der Waals surface area contributed by atoms with Gasteiger partial charge in [-0.15, -0.1) is 0 Å². The Bertz CT molecular complexity index is 960. The molecule has 0 aliphatic heterocycles. The Hall–Kier alpha value is -3.19. The number of amides is 1. The van der Waals surface area contributed by atoms with E-state index in [0.29, 0.717) is 23.2 Å². The SMILES string of the molecule is COc1cc(Nc2ccc(NC(=O)c3c(F)cccc3Cl)cc2)nc(C)n1. The van der Waals surface area contributed by atoms with Crippen LogP contribution in [-0.2, 0) is 0 Å². The van der Waals surface area contributed by atoms with Crippen molar-refractivity contribution >= 4 is 34.7 Å². The largest absolute Gasteiger partial charge is 0.481 e. The summed E-state index contributed by atoms with van der Waals surface area (Å²) < 4.78 is 18.9. The maximum atomic E-state index is 13.8. The number of carbonyl (C=O) groups excluding carboxylic acids is 1. The second-order valence-corrected chi connectivity index (χ2v) is 6.00. The summed E-state index contributed by atoms with van der Waals surface area (Å²) in [6.45, 7) is 1.76. The summed E-state index contributed by atoms with van der Waals surface area (Å²) in [5, 5.41) is 5.80. The van der Waals surface area contributed by atoms with Gasteiger partial charge < -0.3 is 15.4 Å². The topological polar surface area (TPSA) is 76.1 Å². The molecule has 3 rings (SSSR count). The predicted molar refractivity (Wildman–Crippen MR) is 102 cm³/mol. The van der Waals surface area contributed by atoms with Crippen LogP contribution < -0.4 is 15.4 Å². The Labute approximate surface area is 160 Å². The molecule has 3 aromatic rings. The molecule has 6 nitrogen and oxygen atoms in total. The van der Waals surface area contributed by atoms with Gasteiger partial charge >= 0.3 is 0 Å². The van der Waals surface area contributed by atoms with E-state index in [9.17, 15) is 9.18 Å². The van der Waals surface area contributed by atoms with Crippen LogP contribution in [0.4, 0.5) is 21.6 Å². The first-order valence-electron chi connectivity index (χ1n) is 7.98. The summed E-state index contributed by atoms with van der Waals surface area (Å²) in [4.78, 5) is 20.7. The number of carbonyl (C=O) groups is 1. The van der Waals surface area contributed by atoms with E-state index in [1.54, 1.807) is 37.3 Å². The van der Waals surface area contributed by atoms with Gasteiger partial charge in [-0.25, -0.2) is 9.37 Å². The summed E-state index contributed by atoms with van der Waals surface area (Å²) in [5.41, 5.74) is 1.06. The number of methoxy groups -OCH3 is 1. The minimum absolute atomic E-state index is 0.0545. The Morgan fingerprint density at radius 2 is 1.81 bits per heavy atom. The van der Waals surface area contributed by atoms with Gasteiger partial charge in [0.15, 0.2) is 0 Å². The van der Waals surface area contributed by atoms with Crippen LogP contribution in [0.5, 0.6) is 5.88 Å². The molecule has 0 saturated carbocycles. The molecule has 2 N–H and O–H groups in total. The molecule has 0 bridgehead atoms. The molecule has 0 atom stereocenters. The van der Waals surface area contributed by atoms with Gasteiger partial charge in [-0.1, -0.05) is 17.7 Å². The predicted octanol–water partition coefficient (Wildman–Crippen LogP) is 4.58. The number of hydrogen-bond donors (Lipinski definition) is 2. The van der Waals surface area contributed by atoms with Crippen molar-refractivity contribution in [3.05, 3.63) is 70.8 Å². The van der Waals surface area contributed by atoms with Gasteiger partial charge in [-0.05, 0) is 43.3 Å². The summed E-state index contributed by atoms with van der Waals surface area (Å²) in [6, 6.07) is 12.6. The summed E-state index contributed by atoms with van der Waals surface area (Å²) in [6.07, 6.45) is 0. The normalized spacial score (nSPS) is 10.4. The highest BCUT2D eigenvalue weighted by Crippen LogP contribution is 2.23. The van der Waals surface area contributed by atoms with Crippen molar-refractivity contribution in [2.75, 3.05) is 17.7 Å². The van der Waals surface area contributed by atoms with Gasteiger partial charge in [0.1, 0.15) is 17.5 Å². The van der Waals surface area contributed by atoms with E-state index >= 15 is 0 Å². The number of aromatic nitrogens is 2. The fourth-order valence-electron chi connectivity index (χ4n) is 2.40. The van der Waals surface area contributed by atoms with Crippen LogP contribution in [0.15, 0.2) is 48.5 Å². The van der Waals surface area contributed by atoms with Crippen molar-refractivity contribution in [1.29, 1.82) is 0 Å². The van der Waals surface area contributed by atoms with Crippen LogP contribution in [0, 0.1) is 12.7 Å². The Kier molecular flexibility index (Phi) is 5.52. The average Bonchev–Trinajstić information content (AvgIpc) is 2.62. The van der Waals surface area contributed by atoms with Gasteiger partial charge in [0, 0.05) is 17.4 Å². The lowest BCUT2D eigenvalue weighted by atomic mass is 10.2. The molecule has 1 aromatic heterocycles. The maximum Gasteiger partial charge on any atom is 0.260 e. The summed E-state index contributed by atoms with van der Waals surface area (Å²) in [5.74, 6) is 0.314. The van der Waals surface area contributed by atoms with Crippen LogP contribution in [-0.4, -0.2) is 23.0 Å². The molecular weight excluding hydrogens is 371 g/mol. The van der Waals surface area contributed by atoms with Crippen molar-refractivity contribution < 1.29 is 13.9 Å². The summed E-state index contributed by atoms with van der Waals surface area (Å²) >= 11 is 5.91. The second-order valence-electron chi connectivity index (χ2n) is 5.60. The molecule has 0 fully saturated rings. The maximum absolute atomic E-state index is 13.8. The van der Waals surface area contributed by atoms with E-state index in [0.717, 1.165) is 5.69 Å². The van der Waals surface area contributed by atoms with Crippen LogP contribution in [0.3, 0.4) is 0 Å². The fourth-order valence-corrected chi connectivity index (χ4v) is 2.65. The van der Waals surface area contributed by atoms with E-state index < -0.39 is 11.7 Å². The number of nitrogens with zero attached hydrogens (tertiary/aromatic N) is 2. The zero-order chi connectivity index (χ0) is 19.4. The van der Waals surface area contributed by atoms with Crippen molar-refractivity contribution in [1.82, 2.24) is 9.97 Å². The Balaban J connectivity index is 1.72. The van der Waals surface area contributed by atoms with E-state index in [1.807, 2.05) is 0 Å². The molecule has 0 unspecified atom stereocenters. The molecule has 1 heterocycles. The lowest BCUT2D eigenvalue weighted by Gasteiger charge is -2.10. The quantitative estimate of drug-likeness (QED) is 0.671. The van der Waals surface area contributed by atoms with Crippen LogP contribution in [0.1, 0.15) is 16.2 Å². The zero-order valence-corrected chi connectivity index (χ0v) is 15.3. The molecule has 0 radical (unpaired) electrons. The minimum Gasteiger partial charge on any atom is -0.481 e. The molecule has 8 heteroatoms. The molecule has 1 amide bonds. The van der Waals surface area contributed by atoms with E-state index in [2.05, 4.69) is 20.6 Å². The second kappa shape index (κ2) is 8.01. The molecule has 0 spiro atoms. The van der Waals surface area contributed by atoms with Crippen LogP contribution in [0.2, 0.25) is 5.02 Å². The summed E-state index contributed by atoms with van der Waals surface area (Å²) in [7, 11) is 1.53. The molecule has 27 heavy (non-hydrogen) atoms. The number of hydrogen-bond acceptors (Lipinski definition) is 5. The number of ether oxygens (including phenoxy) is 1. The minimum atomic E-state index is -0.675. The lowest BCUT2D eigenvalue weighted by molar-refractivity contribution is 0.102. The molecule has 0 saturated heterocycles. The average molecular weight is 387 g/mol. The standard InChI is InChI=1S/C19H16ClFN4O2/c1-11-22-16(10-17(23-11)27-2)24-12-6-8-13(9-7-12)25-19(26)18-14(20)4-3-5-15(18)21/h3-10H,1-2H3,(H,25,26)(H,22,23,24). The van der Waals surface area contributed by atoms with E-state index in [4.69, 9.17) is 16.3 Å². The van der Waals surface area contributed by atoms with Crippen LogP contribution >= 0.6 is 11.6 Å². The molecule has 2 aromatic carbocycles. The monoisotopic (exact) mass is 386 g/mol. The highest BCUT2D eigenvalue weighted by atomic mass is 35.5. The number of rotatable bonds is 5. The Morgan fingerprint density at radius 3 is 2.48 bits per heavy atom. The first-order valence-corrected chi connectivity index (χ1v) is 8.36. The third-order valence-electron chi connectivity index (χ3n) is 3.63. The lowest BCUT2D eigenvalue weighted by Crippen LogP contribution is -2.14. The highest BCUT2D eigenvalue weighted by Gasteiger charge is 2.15. The van der Waals surface area contributed by atoms with Gasteiger partial charge in [-0.3, -0.25) is 4.79 Å². The first-order chi connectivity index (χ1) is 13.0. The smallest absolute Gasteiger partial charge is 0.260 e. The van der Waals surface area contributed by atoms with Crippen molar-refractivity contribution in [2.45, 2.75) is 6.92 Å². The molecule has 138 valence electrons. The van der Waals surface area contributed by atoms with Gasteiger partial charge in [0.2, 0.25) is 5.88 Å². The van der Waals surface area contributed by atoms with Crippen molar-refractivity contribution in [3.63, 3.8) is 0 Å². The molecule has 0 aliphatic carbocycles. The van der Waals surface area contributed by atoms with Gasteiger partial charge in [0.25, 0.3) is 5.91 Å². The van der Waals surface area contributed by atoms with Gasteiger partial charge in [0.05, 0.1) is 17.7 Å². The first kappa shape index (κ1) is 18.6. The number of halogens is 2. The molecule has 0 aliphatic rings. The van der Waals surface area contributed by atoms with E-state index in [-0.39, 0.29) is 10.6 Å². The number of nitrogens with one attached hydrogen (secondary N) is 2. The number of anilines is 3. The van der Waals surface area contributed by atoms with E-state index in [1.165, 1.54) is 25.3 Å². The third kappa shape index (κ3) is 4.51.